The fraction of sp³-hybridized carbons (Fsp3) is 0.129. The van der Waals surface area contributed by atoms with Crippen LogP contribution >= 0.6 is 0 Å². The van der Waals surface area contributed by atoms with Gasteiger partial charge in [0.05, 0.1) is 5.41 Å². The predicted octanol–water partition coefficient (Wildman–Crippen LogP) is 6.01. The van der Waals surface area contributed by atoms with Crippen LogP contribution < -0.4 is 4.74 Å². The van der Waals surface area contributed by atoms with Crippen LogP contribution in [0, 0.1) is 10.8 Å². The van der Waals surface area contributed by atoms with E-state index in [1.54, 1.807) is 43.3 Å². The summed E-state index contributed by atoms with van der Waals surface area (Å²) in [5.41, 5.74) is -0.851. The van der Waals surface area contributed by atoms with Gasteiger partial charge in [0, 0.05) is 17.0 Å². The molecule has 1 aliphatic carbocycles. The summed E-state index contributed by atoms with van der Waals surface area (Å²) < 4.78 is 5.81. The summed E-state index contributed by atoms with van der Waals surface area (Å²) in [5, 5.41) is 1.85. The second kappa shape index (κ2) is 7.60. The highest BCUT2D eigenvalue weighted by Crippen LogP contribution is 2.79. The summed E-state index contributed by atoms with van der Waals surface area (Å²) in [6, 6.07) is 29.7. The van der Waals surface area contributed by atoms with Crippen LogP contribution in [0.1, 0.15) is 34.3 Å². The fourth-order valence-electron chi connectivity index (χ4n) is 5.86. The molecule has 0 N–H and O–H groups in total. The van der Waals surface area contributed by atoms with Gasteiger partial charge in [-0.2, -0.15) is 0 Å². The Balaban J connectivity index is 1.56. The number of fused-ring (bicyclic) bond motifs is 5. The van der Waals surface area contributed by atoms with Gasteiger partial charge >= 0.3 is 5.97 Å². The molecule has 3 atom stereocenters. The van der Waals surface area contributed by atoms with Crippen molar-refractivity contribution < 1.29 is 19.1 Å². The van der Waals surface area contributed by atoms with E-state index < -0.39 is 28.5 Å². The van der Waals surface area contributed by atoms with E-state index in [1.165, 1.54) is 6.08 Å². The third-order valence-corrected chi connectivity index (χ3v) is 7.61. The molecule has 4 aromatic carbocycles. The number of allylic oxidation sites excluding steroid dienone is 1. The zero-order valence-corrected chi connectivity index (χ0v) is 19.1. The lowest BCUT2D eigenvalue weighted by molar-refractivity contribution is -0.147. The molecule has 6 rings (SSSR count). The van der Waals surface area contributed by atoms with Crippen molar-refractivity contribution in [2.75, 3.05) is 0 Å². The van der Waals surface area contributed by atoms with Crippen LogP contribution in [0.5, 0.6) is 5.75 Å². The molecule has 4 nitrogen and oxygen atoms in total. The van der Waals surface area contributed by atoms with Crippen molar-refractivity contribution in [1.82, 2.24) is 0 Å². The van der Waals surface area contributed by atoms with Crippen LogP contribution in [-0.2, 0) is 9.59 Å². The first kappa shape index (κ1) is 21.2. The Labute approximate surface area is 202 Å². The summed E-state index contributed by atoms with van der Waals surface area (Å²) in [4.78, 5) is 41.5. The molecule has 35 heavy (non-hydrogen) atoms. The van der Waals surface area contributed by atoms with Crippen LogP contribution in [0.15, 0.2) is 103 Å². The molecular formula is C31H22O4. The first-order valence-electron chi connectivity index (χ1n) is 11.6. The number of benzene rings is 4. The zero-order chi connectivity index (χ0) is 24.2. The van der Waals surface area contributed by atoms with Crippen LogP contribution in [0.25, 0.3) is 16.8 Å². The maximum atomic E-state index is 14.0. The van der Waals surface area contributed by atoms with Crippen molar-refractivity contribution in [2.45, 2.75) is 12.8 Å². The van der Waals surface area contributed by atoms with Gasteiger partial charge in [-0.15, -0.1) is 0 Å². The molecule has 170 valence electrons. The van der Waals surface area contributed by atoms with Crippen LogP contribution in [0.4, 0.5) is 0 Å². The molecule has 0 bridgehead atoms. The molecule has 0 aromatic heterocycles. The minimum Gasteiger partial charge on any atom is -0.425 e. The molecule has 0 spiro atoms. The second-order valence-corrected chi connectivity index (χ2v) is 9.33. The van der Waals surface area contributed by atoms with Gasteiger partial charge in [0.25, 0.3) is 0 Å². The summed E-state index contributed by atoms with van der Waals surface area (Å²) in [5.74, 6) is -1.53. The Bertz CT molecular complexity index is 1540. The molecule has 4 heteroatoms. The number of Topliss-reactive ketones (excluding diaryl/α,β-unsaturated/α-hetero) is 1. The van der Waals surface area contributed by atoms with E-state index in [2.05, 4.69) is 0 Å². The van der Waals surface area contributed by atoms with Gasteiger partial charge in [-0.3, -0.25) is 14.4 Å². The summed E-state index contributed by atoms with van der Waals surface area (Å²) >= 11 is 0. The van der Waals surface area contributed by atoms with Gasteiger partial charge in [-0.1, -0.05) is 104 Å². The monoisotopic (exact) mass is 458 g/mol. The first-order chi connectivity index (χ1) is 17.0. The molecule has 0 radical (unpaired) electrons. The molecule has 1 fully saturated rings. The number of carbonyl (C=O) groups is 3. The van der Waals surface area contributed by atoms with Crippen molar-refractivity contribution in [3.05, 3.63) is 120 Å². The third-order valence-electron chi connectivity index (χ3n) is 7.61. The normalized spacial score (nSPS) is 24.5. The van der Waals surface area contributed by atoms with Crippen molar-refractivity contribution in [3.8, 4) is 5.75 Å². The summed E-state index contributed by atoms with van der Waals surface area (Å²) in [7, 11) is 0. The molecule has 0 unspecified atom stereocenters. The van der Waals surface area contributed by atoms with E-state index in [4.69, 9.17) is 4.74 Å². The van der Waals surface area contributed by atoms with Crippen LogP contribution in [-0.4, -0.2) is 17.5 Å². The molecule has 0 saturated heterocycles. The number of ether oxygens (including phenoxy) is 1. The minimum absolute atomic E-state index is 0.234. The number of esters is 1. The minimum atomic E-state index is -1.62. The maximum absolute atomic E-state index is 14.0. The average Bonchev–Trinajstić information content (AvgIpc) is 3.50. The molecule has 2 aliphatic rings. The molecule has 1 aliphatic heterocycles. The highest BCUT2D eigenvalue weighted by atomic mass is 16.5. The number of hydrogen-bond acceptors (Lipinski definition) is 4. The lowest BCUT2D eigenvalue weighted by atomic mass is 9.84. The number of rotatable bonds is 5. The standard InChI is InChI=1S/C31H22O4/c1-30(28(33)22-13-6-3-7-14-22)27-26-23-15-9-8-12-21(23)17-18-24(26)35-29(34)31(27,30)25(32)19-16-20-10-4-2-5-11-20/h2-19,27H,1H3/b19-16+/t27-,30-,31-/m0/s1. The Hall–Kier alpha value is -4.31. The lowest BCUT2D eigenvalue weighted by Gasteiger charge is -2.23. The van der Waals surface area contributed by atoms with Crippen molar-refractivity contribution in [3.63, 3.8) is 0 Å². The number of hydrogen-bond donors (Lipinski definition) is 0. The third kappa shape index (κ3) is 2.83. The van der Waals surface area contributed by atoms with E-state index in [9.17, 15) is 14.4 Å². The zero-order valence-electron chi connectivity index (χ0n) is 19.1. The number of carbonyl (C=O) groups excluding carboxylic acids is 3. The van der Waals surface area contributed by atoms with Crippen LogP contribution in [0.2, 0.25) is 0 Å². The SMILES string of the molecule is C[C@@]1(C(=O)c2ccccc2)[C@@H]2c3c(ccc4ccccc34)OC(=O)[C@]21C(=O)/C=C/c1ccccc1. The quantitative estimate of drug-likeness (QED) is 0.121. The van der Waals surface area contributed by atoms with E-state index >= 15 is 0 Å². The van der Waals surface area contributed by atoms with Crippen molar-refractivity contribution >= 4 is 34.4 Å². The fourth-order valence-corrected chi connectivity index (χ4v) is 5.86. The molecule has 4 aromatic rings. The first-order valence-corrected chi connectivity index (χ1v) is 11.6. The Morgan fingerprint density at radius 3 is 2.23 bits per heavy atom. The lowest BCUT2D eigenvalue weighted by Crippen LogP contribution is -2.38. The van der Waals surface area contributed by atoms with Gasteiger partial charge in [-0.25, -0.2) is 0 Å². The van der Waals surface area contributed by atoms with Gasteiger partial charge in [0.2, 0.25) is 0 Å². The van der Waals surface area contributed by atoms with E-state index in [1.807, 2.05) is 66.7 Å². The highest BCUT2D eigenvalue weighted by Gasteiger charge is 2.87. The maximum Gasteiger partial charge on any atom is 0.327 e. The summed E-state index contributed by atoms with van der Waals surface area (Å²) in [6.07, 6.45) is 3.11. The second-order valence-electron chi connectivity index (χ2n) is 9.33. The summed E-state index contributed by atoms with van der Waals surface area (Å²) in [6.45, 7) is 1.74. The topological polar surface area (TPSA) is 60.4 Å². The van der Waals surface area contributed by atoms with Gasteiger partial charge in [0.1, 0.15) is 5.75 Å². The molecule has 0 amide bonds. The van der Waals surface area contributed by atoms with E-state index in [-0.39, 0.29) is 5.78 Å². The number of ketones is 2. The van der Waals surface area contributed by atoms with Gasteiger partial charge in [-0.05, 0) is 28.5 Å². The Morgan fingerprint density at radius 2 is 1.49 bits per heavy atom. The molecule has 1 heterocycles. The van der Waals surface area contributed by atoms with Crippen molar-refractivity contribution in [2.24, 2.45) is 10.8 Å². The van der Waals surface area contributed by atoms with E-state index in [0.717, 1.165) is 21.9 Å². The van der Waals surface area contributed by atoms with E-state index in [0.29, 0.717) is 11.3 Å². The smallest absolute Gasteiger partial charge is 0.327 e. The molecule has 1 saturated carbocycles. The van der Waals surface area contributed by atoms with Crippen LogP contribution in [0.3, 0.4) is 0 Å². The largest absolute Gasteiger partial charge is 0.425 e. The Morgan fingerprint density at radius 1 is 0.829 bits per heavy atom. The average molecular weight is 459 g/mol. The van der Waals surface area contributed by atoms with Crippen molar-refractivity contribution in [1.29, 1.82) is 0 Å². The van der Waals surface area contributed by atoms with Gasteiger partial charge < -0.3 is 4.74 Å². The highest BCUT2D eigenvalue weighted by molar-refractivity contribution is 6.25. The Kier molecular flexibility index (Phi) is 4.61. The predicted molar refractivity (Wildman–Crippen MR) is 134 cm³/mol. The molecular weight excluding hydrogens is 436 g/mol. The van der Waals surface area contributed by atoms with Gasteiger partial charge in [0.15, 0.2) is 17.0 Å².